The molecule has 2 amide bonds. The molecule has 0 saturated carbocycles. The number of likely N-dealkylation sites (tertiary alicyclic amines) is 1. The predicted molar refractivity (Wildman–Crippen MR) is 76.4 cm³/mol. The first kappa shape index (κ1) is 15.1. The number of carbonyl (C=O) groups excluding carboxylic acids is 2. The average Bonchev–Trinajstić information content (AvgIpc) is 2.68. The van der Waals surface area contributed by atoms with Gasteiger partial charge in [-0.05, 0) is 6.42 Å². The van der Waals surface area contributed by atoms with E-state index in [0.29, 0.717) is 12.3 Å². The van der Waals surface area contributed by atoms with E-state index in [1.807, 2.05) is 6.92 Å². The molecule has 0 aromatic heterocycles. The highest BCUT2D eigenvalue weighted by Crippen LogP contribution is 2.30. The van der Waals surface area contributed by atoms with Gasteiger partial charge in [-0.1, -0.05) is 6.92 Å². The highest BCUT2D eigenvalue weighted by atomic mass is 19.1. The largest absolute Gasteiger partial charge is 0.490 e. The molecule has 1 fully saturated rings. The number of amides is 2. The Bertz CT molecular complexity index is 577. The van der Waals surface area contributed by atoms with E-state index >= 15 is 0 Å². The van der Waals surface area contributed by atoms with Crippen LogP contribution in [0.15, 0.2) is 12.1 Å². The van der Waals surface area contributed by atoms with Gasteiger partial charge in [0.05, 0.1) is 24.4 Å². The lowest BCUT2D eigenvalue weighted by Gasteiger charge is -2.16. The minimum Gasteiger partial charge on any atom is -0.490 e. The van der Waals surface area contributed by atoms with Crippen LogP contribution in [0.4, 0.5) is 15.8 Å². The van der Waals surface area contributed by atoms with Gasteiger partial charge in [-0.2, -0.15) is 0 Å². The van der Waals surface area contributed by atoms with Crippen LogP contribution < -0.4 is 15.8 Å². The molecule has 0 radical (unpaired) electrons. The molecule has 7 heteroatoms. The maximum absolute atomic E-state index is 13.7. The van der Waals surface area contributed by atoms with Crippen LogP contribution in [-0.4, -0.2) is 36.4 Å². The summed E-state index contributed by atoms with van der Waals surface area (Å²) in [7, 11) is 1.43. The number of likely N-dealkylation sites (N-methyl/N-ethyl adjacent to an activating group) is 1. The van der Waals surface area contributed by atoms with E-state index in [1.54, 1.807) is 0 Å². The number of ether oxygens (including phenoxy) is 1. The van der Waals surface area contributed by atoms with Gasteiger partial charge >= 0.3 is 0 Å². The van der Waals surface area contributed by atoms with E-state index < -0.39 is 11.9 Å². The molecule has 6 nitrogen and oxygen atoms in total. The third kappa shape index (κ3) is 3.07. The Balaban J connectivity index is 2.20. The second-order valence-electron chi connectivity index (χ2n) is 4.91. The van der Waals surface area contributed by atoms with Gasteiger partial charge in [0.1, 0.15) is 6.04 Å². The van der Waals surface area contributed by atoms with Crippen LogP contribution in [0.5, 0.6) is 5.75 Å². The number of benzene rings is 1. The lowest BCUT2D eigenvalue weighted by Crippen LogP contribution is -2.32. The number of nitrogens with two attached hydrogens (primary N) is 1. The topological polar surface area (TPSA) is 84.7 Å². The van der Waals surface area contributed by atoms with Gasteiger partial charge in [0.2, 0.25) is 5.91 Å². The molecule has 114 valence electrons. The fourth-order valence-electron chi connectivity index (χ4n) is 2.07. The van der Waals surface area contributed by atoms with Crippen molar-refractivity contribution in [1.82, 2.24) is 4.90 Å². The second kappa shape index (κ2) is 5.99. The van der Waals surface area contributed by atoms with Gasteiger partial charge in [-0.3, -0.25) is 14.5 Å². The summed E-state index contributed by atoms with van der Waals surface area (Å²) in [4.78, 5) is 24.4. The van der Waals surface area contributed by atoms with Crippen LogP contribution in [-0.2, 0) is 9.59 Å². The van der Waals surface area contributed by atoms with Crippen molar-refractivity contribution in [3.63, 3.8) is 0 Å². The van der Waals surface area contributed by atoms with Gasteiger partial charge in [0.15, 0.2) is 11.6 Å². The van der Waals surface area contributed by atoms with E-state index in [9.17, 15) is 14.0 Å². The highest BCUT2D eigenvalue weighted by Gasteiger charge is 2.36. The SMILES string of the molecule is CCCOc1cc(NC2CC(=O)N(C)C2=O)c(N)cc1F. The first-order valence-electron chi connectivity index (χ1n) is 6.72. The Morgan fingerprint density at radius 1 is 1.48 bits per heavy atom. The number of halogens is 1. The Hall–Kier alpha value is -2.31. The molecule has 1 aromatic carbocycles. The minimum atomic E-state index is -0.686. The smallest absolute Gasteiger partial charge is 0.251 e. The van der Waals surface area contributed by atoms with Crippen LogP contribution in [0.25, 0.3) is 0 Å². The summed E-state index contributed by atoms with van der Waals surface area (Å²) >= 11 is 0. The van der Waals surface area contributed by atoms with Gasteiger partial charge in [0, 0.05) is 19.2 Å². The number of carbonyl (C=O) groups is 2. The van der Waals surface area contributed by atoms with E-state index in [2.05, 4.69) is 5.32 Å². The molecular weight excluding hydrogens is 277 g/mol. The molecule has 0 aliphatic carbocycles. The normalized spacial score (nSPS) is 18.2. The number of anilines is 2. The molecule has 0 spiro atoms. The summed E-state index contributed by atoms with van der Waals surface area (Å²) < 4.78 is 19.0. The third-order valence-corrected chi connectivity index (χ3v) is 3.28. The molecule has 2 rings (SSSR count). The van der Waals surface area contributed by atoms with Crippen molar-refractivity contribution in [2.45, 2.75) is 25.8 Å². The zero-order chi connectivity index (χ0) is 15.6. The fraction of sp³-hybridized carbons (Fsp3) is 0.429. The number of rotatable bonds is 5. The van der Waals surface area contributed by atoms with Crippen molar-refractivity contribution in [1.29, 1.82) is 0 Å². The maximum atomic E-state index is 13.7. The minimum absolute atomic E-state index is 0.0529. The molecular formula is C14H18FN3O3. The van der Waals surface area contributed by atoms with Crippen molar-refractivity contribution in [2.75, 3.05) is 24.7 Å². The van der Waals surface area contributed by atoms with Gasteiger partial charge in [-0.25, -0.2) is 4.39 Å². The Morgan fingerprint density at radius 2 is 2.19 bits per heavy atom. The van der Waals surface area contributed by atoms with Crippen LogP contribution in [0.2, 0.25) is 0 Å². The van der Waals surface area contributed by atoms with Crippen molar-refractivity contribution >= 4 is 23.2 Å². The summed E-state index contributed by atoms with van der Waals surface area (Å²) in [6, 6.07) is 1.86. The molecule has 1 aromatic rings. The molecule has 1 heterocycles. The van der Waals surface area contributed by atoms with Crippen molar-refractivity contribution in [3.8, 4) is 5.75 Å². The second-order valence-corrected chi connectivity index (χ2v) is 4.91. The lowest BCUT2D eigenvalue weighted by molar-refractivity contribution is -0.136. The number of nitrogens with zero attached hydrogens (tertiary/aromatic N) is 1. The van der Waals surface area contributed by atoms with Crippen LogP contribution >= 0.6 is 0 Å². The van der Waals surface area contributed by atoms with Crippen molar-refractivity contribution < 1.29 is 18.7 Å². The highest BCUT2D eigenvalue weighted by molar-refractivity contribution is 6.06. The monoisotopic (exact) mass is 295 g/mol. The summed E-state index contributed by atoms with van der Waals surface area (Å²) in [6.07, 6.45) is 0.796. The molecule has 1 aliphatic rings. The van der Waals surface area contributed by atoms with Crippen molar-refractivity contribution in [2.24, 2.45) is 0 Å². The standard InChI is InChI=1S/C14H18FN3O3/c1-3-4-21-12-6-10(9(16)5-8(12)15)17-11-7-13(19)18(2)14(11)20/h5-6,11,17H,3-4,7,16H2,1-2H3. The number of hydrogen-bond donors (Lipinski definition) is 2. The molecule has 1 atom stereocenters. The molecule has 0 bridgehead atoms. The van der Waals surface area contributed by atoms with Crippen LogP contribution in [0.3, 0.4) is 0 Å². The third-order valence-electron chi connectivity index (χ3n) is 3.28. The summed E-state index contributed by atoms with van der Waals surface area (Å²) in [5.74, 6) is -1.09. The number of imide groups is 1. The van der Waals surface area contributed by atoms with E-state index in [0.717, 1.165) is 17.4 Å². The summed E-state index contributed by atoms with van der Waals surface area (Å²) in [6.45, 7) is 2.29. The maximum Gasteiger partial charge on any atom is 0.251 e. The predicted octanol–water partition coefficient (Wildman–Crippen LogP) is 1.37. The Kier molecular flexibility index (Phi) is 4.30. The molecule has 3 N–H and O–H groups in total. The summed E-state index contributed by atoms with van der Waals surface area (Å²) in [5, 5.41) is 2.88. The van der Waals surface area contributed by atoms with Gasteiger partial charge in [0.25, 0.3) is 5.91 Å². The van der Waals surface area contributed by atoms with E-state index in [4.69, 9.17) is 10.5 Å². The molecule has 21 heavy (non-hydrogen) atoms. The van der Waals surface area contributed by atoms with Gasteiger partial charge < -0.3 is 15.8 Å². The summed E-state index contributed by atoms with van der Waals surface area (Å²) in [5.41, 5.74) is 6.28. The van der Waals surface area contributed by atoms with Gasteiger partial charge in [-0.15, -0.1) is 0 Å². The zero-order valence-corrected chi connectivity index (χ0v) is 12.0. The van der Waals surface area contributed by atoms with Crippen LogP contribution in [0, 0.1) is 5.82 Å². The first-order valence-corrected chi connectivity index (χ1v) is 6.72. The van der Waals surface area contributed by atoms with E-state index in [-0.39, 0.29) is 29.7 Å². The lowest BCUT2D eigenvalue weighted by atomic mass is 10.2. The van der Waals surface area contributed by atoms with E-state index in [1.165, 1.54) is 13.1 Å². The first-order chi connectivity index (χ1) is 9.93. The fourth-order valence-corrected chi connectivity index (χ4v) is 2.07. The Morgan fingerprint density at radius 3 is 2.76 bits per heavy atom. The number of nitrogens with one attached hydrogen (secondary N) is 1. The molecule has 1 aliphatic heterocycles. The zero-order valence-electron chi connectivity index (χ0n) is 12.0. The van der Waals surface area contributed by atoms with Crippen molar-refractivity contribution in [3.05, 3.63) is 17.9 Å². The quantitative estimate of drug-likeness (QED) is 0.633. The number of nitrogen functional groups attached to an aromatic ring is 1. The number of hydrogen-bond acceptors (Lipinski definition) is 5. The average molecular weight is 295 g/mol. The Labute approximate surface area is 122 Å². The van der Waals surface area contributed by atoms with Crippen LogP contribution in [0.1, 0.15) is 19.8 Å². The molecule has 1 saturated heterocycles. The molecule has 1 unspecified atom stereocenters.